The van der Waals surface area contributed by atoms with Crippen LogP contribution in [0.25, 0.3) is 0 Å². The molecule has 2 N–H and O–H groups in total. The maximum Gasteiger partial charge on any atom is 0.0723 e. The molecule has 1 saturated heterocycles. The molecule has 3 nitrogen and oxygen atoms in total. The Morgan fingerprint density at radius 3 is 2.89 bits per heavy atom. The van der Waals surface area contributed by atoms with Gasteiger partial charge in [0.1, 0.15) is 0 Å². The van der Waals surface area contributed by atoms with E-state index in [2.05, 4.69) is 43.9 Å². The minimum atomic E-state index is 0.291. The van der Waals surface area contributed by atoms with E-state index >= 15 is 0 Å². The van der Waals surface area contributed by atoms with Gasteiger partial charge in [0, 0.05) is 18.8 Å². The Hall–Kier alpha value is -1.06. The number of aryl methyl sites for hydroxylation is 1. The molecular formula is C15H24N2O. The molecule has 2 atom stereocenters. The van der Waals surface area contributed by atoms with E-state index in [0.29, 0.717) is 18.7 Å². The summed E-state index contributed by atoms with van der Waals surface area (Å²) in [6.45, 7) is 8.85. The zero-order valence-electron chi connectivity index (χ0n) is 11.6. The lowest BCUT2D eigenvalue weighted by Gasteiger charge is -2.41. The molecule has 0 aromatic heterocycles. The first-order valence-electron chi connectivity index (χ1n) is 6.83. The molecule has 0 amide bonds. The maximum atomic E-state index is 5.87. The molecule has 0 bridgehead atoms. The molecular weight excluding hydrogens is 224 g/mol. The number of nitrogens with two attached hydrogens (primary N) is 1. The Bertz CT molecular complexity index is 405. The molecule has 0 radical (unpaired) electrons. The average Bonchev–Trinajstić information content (AvgIpc) is 2.38. The van der Waals surface area contributed by atoms with Gasteiger partial charge in [-0.25, -0.2) is 0 Å². The molecule has 1 aliphatic heterocycles. The van der Waals surface area contributed by atoms with Gasteiger partial charge >= 0.3 is 0 Å². The lowest BCUT2D eigenvalue weighted by Crippen LogP contribution is -2.49. The van der Waals surface area contributed by atoms with E-state index in [0.717, 1.165) is 19.6 Å². The van der Waals surface area contributed by atoms with Gasteiger partial charge in [-0.1, -0.05) is 19.1 Å². The van der Waals surface area contributed by atoms with E-state index in [9.17, 15) is 0 Å². The maximum absolute atomic E-state index is 5.87. The van der Waals surface area contributed by atoms with Crippen molar-refractivity contribution >= 4 is 5.69 Å². The fourth-order valence-electron chi connectivity index (χ4n) is 2.59. The Morgan fingerprint density at radius 1 is 1.44 bits per heavy atom. The number of hydrogen-bond donors (Lipinski definition) is 1. The second kappa shape index (κ2) is 5.72. The molecule has 18 heavy (non-hydrogen) atoms. The minimum Gasteiger partial charge on any atom is -0.375 e. The van der Waals surface area contributed by atoms with Crippen molar-refractivity contribution < 1.29 is 4.74 Å². The monoisotopic (exact) mass is 248 g/mol. The van der Waals surface area contributed by atoms with Gasteiger partial charge in [-0.3, -0.25) is 0 Å². The molecule has 0 aliphatic carbocycles. The third kappa shape index (κ3) is 2.68. The summed E-state index contributed by atoms with van der Waals surface area (Å²) in [6.07, 6.45) is 1.39. The predicted molar refractivity (Wildman–Crippen MR) is 75.9 cm³/mol. The molecule has 1 aromatic rings. The third-order valence-corrected chi connectivity index (χ3v) is 3.71. The number of nitrogens with zero attached hydrogens (tertiary/aromatic N) is 1. The summed E-state index contributed by atoms with van der Waals surface area (Å²) in [5, 5.41) is 0. The fourth-order valence-corrected chi connectivity index (χ4v) is 2.59. The summed E-state index contributed by atoms with van der Waals surface area (Å²) in [5.41, 5.74) is 9.68. The first-order chi connectivity index (χ1) is 8.65. The van der Waals surface area contributed by atoms with Crippen molar-refractivity contribution in [1.29, 1.82) is 0 Å². The second-order valence-electron chi connectivity index (χ2n) is 5.19. The highest BCUT2D eigenvalue weighted by Crippen LogP contribution is 2.28. The average molecular weight is 248 g/mol. The van der Waals surface area contributed by atoms with Crippen molar-refractivity contribution in [1.82, 2.24) is 0 Å². The van der Waals surface area contributed by atoms with Crippen molar-refractivity contribution in [2.45, 2.75) is 45.9 Å². The van der Waals surface area contributed by atoms with Crippen LogP contribution in [-0.4, -0.2) is 25.3 Å². The molecule has 1 aliphatic rings. The highest BCUT2D eigenvalue weighted by atomic mass is 16.5. The smallest absolute Gasteiger partial charge is 0.0723 e. The quantitative estimate of drug-likeness (QED) is 0.893. The van der Waals surface area contributed by atoms with E-state index < -0.39 is 0 Å². The topological polar surface area (TPSA) is 38.5 Å². The lowest BCUT2D eigenvalue weighted by molar-refractivity contribution is 0.0299. The van der Waals surface area contributed by atoms with Crippen LogP contribution in [0.5, 0.6) is 0 Å². The molecule has 2 unspecified atom stereocenters. The van der Waals surface area contributed by atoms with Gasteiger partial charge in [0.2, 0.25) is 0 Å². The fraction of sp³-hybridized carbons (Fsp3) is 0.600. The van der Waals surface area contributed by atoms with Crippen LogP contribution in [0, 0.1) is 6.92 Å². The number of morpholine rings is 1. The summed E-state index contributed by atoms with van der Waals surface area (Å²) in [5.74, 6) is 0. The number of anilines is 1. The van der Waals surface area contributed by atoms with Gasteiger partial charge in [0.15, 0.2) is 0 Å². The van der Waals surface area contributed by atoms with Gasteiger partial charge < -0.3 is 15.4 Å². The van der Waals surface area contributed by atoms with Crippen LogP contribution < -0.4 is 10.6 Å². The lowest BCUT2D eigenvalue weighted by atomic mass is 10.0. The number of benzene rings is 1. The van der Waals surface area contributed by atoms with Crippen LogP contribution in [-0.2, 0) is 11.3 Å². The normalized spacial score (nSPS) is 24.3. The van der Waals surface area contributed by atoms with Gasteiger partial charge in [-0.2, -0.15) is 0 Å². The summed E-state index contributed by atoms with van der Waals surface area (Å²) in [4.78, 5) is 2.48. The van der Waals surface area contributed by atoms with Crippen molar-refractivity contribution in [3.05, 3.63) is 29.3 Å². The zero-order chi connectivity index (χ0) is 13.1. The van der Waals surface area contributed by atoms with Gasteiger partial charge in [0.05, 0.1) is 18.8 Å². The van der Waals surface area contributed by atoms with Crippen molar-refractivity contribution in [2.24, 2.45) is 5.73 Å². The van der Waals surface area contributed by atoms with Crippen LogP contribution in [0.15, 0.2) is 18.2 Å². The van der Waals surface area contributed by atoms with Crippen LogP contribution in [0.3, 0.4) is 0 Å². The van der Waals surface area contributed by atoms with Crippen molar-refractivity contribution in [3.8, 4) is 0 Å². The molecule has 1 aromatic carbocycles. The SMILES string of the molecule is CCC1COC(C)CN1c1cc(C)ccc1CN. The Balaban J connectivity index is 2.34. The van der Waals surface area contributed by atoms with E-state index in [1.165, 1.54) is 16.8 Å². The van der Waals surface area contributed by atoms with Gasteiger partial charge in [-0.05, 0) is 37.5 Å². The summed E-state index contributed by atoms with van der Waals surface area (Å²) in [7, 11) is 0. The highest BCUT2D eigenvalue weighted by Gasteiger charge is 2.26. The first kappa shape index (κ1) is 13.4. The Kier molecular flexibility index (Phi) is 4.25. The standard InChI is InChI=1S/C15H24N2O/c1-4-14-10-18-12(3)9-17(14)15-7-11(2)5-6-13(15)8-16/h5-7,12,14H,4,8-10,16H2,1-3H3. The molecule has 1 heterocycles. The van der Waals surface area contributed by atoms with Gasteiger partial charge in [-0.15, -0.1) is 0 Å². The van der Waals surface area contributed by atoms with E-state index in [1.54, 1.807) is 0 Å². The first-order valence-corrected chi connectivity index (χ1v) is 6.83. The van der Waals surface area contributed by atoms with Crippen LogP contribution in [0.2, 0.25) is 0 Å². The number of ether oxygens (including phenoxy) is 1. The Morgan fingerprint density at radius 2 is 2.22 bits per heavy atom. The van der Waals surface area contributed by atoms with Crippen molar-refractivity contribution in [3.63, 3.8) is 0 Å². The largest absolute Gasteiger partial charge is 0.375 e. The Labute approximate surface area is 110 Å². The van der Waals surface area contributed by atoms with E-state index in [4.69, 9.17) is 10.5 Å². The molecule has 2 rings (SSSR count). The molecule has 0 spiro atoms. The predicted octanol–water partition coefficient (Wildman–Crippen LogP) is 2.46. The zero-order valence-corrected chi connectivity index (χ0v) is 11.6. The van der Waals surface area contributed by atoms with E-state index in [1.807, 2.05) is 0 Å². The summed E-state index contributed by atoms with van der Waals surface area (Å²) >= 11 is 0. The van der Waals surface area contributed by atoms with Gasteiger partial charge in [0.25, 0.3) is 0 Å². The summed E-state index contributed by atoms with van der Waals surface area (Å²) < 4.78 is 5.76. The van der Waals surface area contributed by atoms with E-state index in [-0.39, 0.29) is 0 Å². The van der Waals surface area contributed by atoms with Crippen LogP contribution in [0.4, 0.5) is 5.69 Å². The summed E-state index contributed by atoms with van der Waals surface area (Å²) in [6, 6.07) is 7.00. The molecule has 1 fully saturated rings. The molecule has 3 heteroatoms. The second-order valence-corrected chi connectivity index (χ2v) is 5.19. The minimum absolute atomic E-state index is 0.291. The molecule has 100 valence electrons. The highest BCUT2D eigenvalue weighted by molar-refractivity contribution is 5.56. The molecule has 0 saturated carbocycles. The number of rotatable bonds is 3. The third-order valence-electron chi connectivity index (χ3n) is 3.71. The van der Waals surface area contributed by atoms with Crippen molar-refractivity contribution in [2.75, 3.05) is 18.1 Å². The number of hydrogen-bond acceptors (Lipinski definition) is 3. The van der Waals surface area contributed by atoms with Crippen LogP contribution in [0.1, 0.15) is 31.4 Å². The van der Waals surface area contributed by atoms with Crippen LogP contribution >= 0.6 is 0 Å².